The van der Waals surface area contributed by atoms with E-state index < -0.39 is 5.97 Å². The third kappa shape index (κ3) is 2.48. The van der Waals surface area contributed by atoms with Crippen molar-refractivity contribution in [2.75, 3.05) is 7.11 Å². The van der Waals surface area contributed by atoms with Crippen molar-refractivity contribution in [3.8, 4) is 11.5 Å². The number of fused-ring (bicyclic) bond motifs is 1. The van der Waals surface area contributed by atoms with Gasteiger partial charge in [-0.25, -0.2) is 4.79 Å². The molecule has 3 aromatic rings. The molecule has 1 heterocycles. The van der Waals surface area contributed by atoms with Gasteiger partial charge in [-0.05, 0) is 37.3 Å². The summed E-state index contributed by atoms with van der Waals surface area (Å²) in [6.07, 6.45) is 0. The first-order chi connectivity index (χ1) is 10.2. The Balaban J connectivity index is 1.87. The summed E-state index contributed by atoms with van der Waals surface area (Å²) < 4.78 is 16.0. The van der Waals surface area contributed by atoms with Crippen LogP contribution in [0.5, 0.6) is 11.5 Å². The first kappa shape index (κ1) is 13.2. The topological polar surface area (TPSA) is 48.7 Å². The van der Waals surface area contributed by atoms with Gasteiger partial charge in [-0.2, -0.15) is 0 Å². The van der Waals surface area contributed by atoms with Crippen LogP contribution in [-0.2, 0) is 0 Å². The number of carbonyl (C=O) groups excluding carboxylic acids is 1. The van der Waals surface area contributed by atoms with Gasteiger partial charge in [0, 0.05) is 10.9 Å². The second-order valence-electron chi connectivity index (χ2n) is 4.62. The Morgan fingerprint density at radius 3 is 2.33 bits per heavy atom. The van der Waals surface area contributed by atoms with Crippen LogP contribution in [0.3, 0.4) is 0 Å². The molecule has 0 aliphatic carbocycles. The molecule has 106 valence electrons. The van der Waals surface area contributed by atoms with Crippen LogP contribution >= 0.6 is 0 Å². The van der Waals surface area contributed by atoms with Gasteiger partial charge in [-0.15, -0.1) is 0 Å². The molecule has 4 nitrogen and oxygen atoms in total. The number of aryl methyl sites for hydroxylation is 1. The maximum atomic E-state index is 12.2. The maximum Gasteiger partial charge on any atom is 0.379 e. The lowest BCUT2D eigenvalue weighted by Gasteiger charge is -2.04. The van der Waals surface area contributed by atoms with Crippen LogP contribution in [0.15, 0.2) is 52.9 Å². The molecule has 0 aliphatic heterocycles. The van der Waals surface area contributed by atoms with Gasteiger partial charge in [0.1, 0.15) is 17.1 Å². The molecule has 0 saturated heterocycles. The average molecular weight is 282 g/mol. The summed E-state index contributed by atoms with van der Waals surface area (Å²) in [6, 6.07) is 14.3. The summed E-state index contributed by atoms with van der Waals surface area (Å²) in [5.74, 6) is 0.872. The molecule has 1 aromatic heterocycles. The van der Waals surface area contributed by atoms with Gasteiger partial charge in [-0.1, -0.05) is 18.2 Å². The molecule has 0 atom stereocenters. The number of hydrogen-bond acceptors (Lipinski definition) is 4. The summed E-state index contributed by atoms with van der Waals surface area (Å²) in [5, 5.41) is 0.916. The lowest BCUT2D eigenvalue weighted by atomic mass is 10.1. The van der Waals surface area contributed by atoms with E-state index in [1.165, 1.54) is 0 Å². The first-order valence-electron chi connectivity index (χ1n) is 6.53. The molecule has 0 N–H and O–H groups in total. The van der Waals surface area contributed by atoms with Crippen molar-refractivity contribution in [1.82, 2.24) is 0 Å². The third-order valence-electron chi connectivity index (χ3n) is 3.30. The van der Waals surface area contributed by atoms with Crippen LogP contribution in [0, 0.1) is 6.92 Å². The molecule has 0 unspecified atom stereocenters. The third-order valence-corrected chi connectivity index (χ3v) is 3.30. The highest BCUT2D eigenvalue weighted by Crippen LogP contribution is 2.26. The minimum Gasteiger partial charge on any atom is -0.497 e. The molecule has 0 bridgehead atoms. The Morgan fingerprint density at radius 2 is 1.67 bits per heavy atom. The molecule has 0 fully saturated rings. The molecule has 0 radical (unpaired) electrons. The maximum absolute atomic E-state index is 12.2. The fourth-order valence-electron chi connectivity index (χ4n) is 2.17. The lowest BCUT2D eigenvalue weighted by molar-refractivity contribution is 0.0702. The van der Waals surface area contributed by atoms with Gasteiger partial charge < -0.3 is 13.9 Å². The number of benzene rings is 2. The molecular formula is C17H14O4. The van der Waals surface area contributed by atoms with Crippen LogP contribution in [0.4, 0.5) is 0 Å². The fraction of sp³-hybridized carbons (Fsp3) is 0.118. The van der Waals surface area contributed by atoms with Crippen LogP contribution in [0.25, 0.3) is 11.0 Å². The van der Waals surface area contributed by atoms with Crippen molar-refractivity contribution < 1.29 is 18.7 Å². The Kier molecular flexibility index (Phi) is 3.36. The fourth-order valence-corrected chi connectivity index (χ4v) is 2.17. The van der Waals surface area contributed by atoms with Crippen molar-refractivity contribution in [2.24, 2.45) is 0 Å². The number of methoxy groups -OCH3 is 1. The van der Waals surface area contributed by atoms with Gasteiger partial charge in [0.05, 0.1) is 7.11 Å². The van der Waals surface area contributed by atoms with E-state index in [-0.39, 0.29) is 5.76 Å². The average Bonchev–Trinajstić information content (AvgIpc) is 2.86. The zero-order valence-electron chi connectivity index (χ0n) is 11.8. The Labute approximate surface area is 121 Å². The Hall–Kier alpha value is -2.75. The minimum absolute atomic E-state index is 0.229. The van der Waals surface area contributed by atoms with Crippen molar-refractivity contribution >= 4 is 16.9 Å². The highest BCUT2D eigenvalue weighted by atomic mass is 16.5. The molecule has 0 saturated carbocycles. The Morgan fingerprint density at radius 1 is 1.00 bits per heavy atom. The minimum atomic E-state index is -0.506. The number of hydrogen-bond donors (Lipinski definition) is 0. The van der Waals surface area contributed by atoms with Gasteiger partial charge in [0.2, 0.25) is 5.76 Å². The van der Waals surface area contributed by atoms with Gasteiger partial charge >= 0.3 is 5.97 Å². The van der Waals surface area contributed by atoms with Crippen molar-refractivity contribution in [3.63, 3.8) is 0 Å². The SMILES string of the molecule is COc1ccc(OC(=O)c2oc3ccccc3c2C)cc1. The van der Waals surface area contributed by atoms with Crippen molar-refractivity contribution in [2.45, 2.75) is 6.92 Å². The second kappa shape index (κ2) is 5.32. The summed E-state index contributed by atoms with van der Waals surface area (Å²) >= 11 is 0. The number of carbonyl (C=O) groups is 1. The standard InChI is InChI=1S/C17H14O4/c1-11-14-5-3-4-6-15(14)21-16(11)17(18)20-13-9-7-12(19-2)8-10-13/h3-10H,1-2H3. The van der Waals surface area contributed by atoms with Crippen LogP contribution < -0.4 is 9.47 Å². The zero-order valence-corrected chi connectivity index (χ0v) is 11.8. The van der Waals surface area contributed by atoms with Gasteiger partial charge in [0.15, 0.2) is 0 Å². The van der Waals surface area contributed by atoms with E-state index in [0.717, 1.165) is 10.9 Å². The molecule has 3 rings (SSSR count). The second-order valence-corrected chi connectivity index (χ2v) is 4.62. The highest BCUT2D eigenvalue weighted by Gasteiger charge is 2.19. The lowest BCUT2D eigenvalue weighted by Crippen LogP contribution is -2.08. The summed E-state index contributed by atoms with van der Waals surface area (Å²) in [6.45, 7) is 1.84. The number of para-hydroxylation sites is 1. The quantitative estimate of drug-likeness (QED) is 0.538. The van der Waals surface area contributed by atoms with E-state index in [4.69, 9.17) is 13.9 Å². The number of esters is 1. The van der Waals surface area contributed by atoms with Gasteiger partial charge in [0.25, 0.3) is 0 Å². The number of furan rings is 1. The molecule has 0 aliphatic rings. The van der Waals surface area contributed by atoms with E-state index in [1.807, 2.05) is 31.2 Å². The van der Waals surface area contributed by atoms with Crippen LogP contribution in [-0.4, -0.2) is 13.1 Å². The summed E-state index contributed by atoms with van der Waals surface area (Å²) in [5.41, 5.74) is 1.46. The van der Waals surface area contributed by atoms with Crippen molar-refractivity contribution in [1.29, 1.82) is 0 Å². The van der Waals surface area contributed by atoms with E-state index in [1.54, 1.807) is 31.4 Å². The molecular weight excluding hydrogens is 268 g/mol. The molecule has 0 spiro atoms. The normalized spacial score (nSPS) is 10.6. The molecule has 0 amide bonds. The molecule has 21 heavy (non-hydrogen) atoms. The van der Waals surface area contributed by atoms with E-state index in [2.05, 4.69) is 0 Å². The van der Waals surface area contributed by atoms with Crippen molar-refractivity contribution in [3.05, 3.63) is 59.9 Å². The van der Waals surface area contributed by atoms with E-state index in [9.17, 15) is 4.79 Å². The number of rotatable bonds is 3. The molecule has 4 heteroatoms. The monoisotopic (exact) mass is 282 g/mol. The molecule has 2 aromatic carbocycles. The van der Waals surface area contributed by atoms with Crippen LogP contribution in [0.2, 0.25) is 0 Å². The van der Waals surface area contributed by atoms with E-state index in [0.29, 0.717) is 17.1 Å². The predicted molar refractivity (Wildman–Crippen MR) is 78.9 cm³/mol. The largest absolute Gasteiger partial charge is 0.497 e. The highest BCUT2D eigenvalue weighted by molar-refractivity contribution is 5.96. The first-order valence-corrected chi connectivity index (χ1v) is 6.53. The summed E-state index contributed by atoms with van der Waals surface area (Å²) in [7, 11) is 1.58. The smallest absolute Gasteiger partial charge is 0.379 e. The van der Waals surface area contributed by atoms with Crippen LogP contribution in [0.1, 0.15) is 16.1 Å². The zero-order chi connectivity index (χ0) is 14.8. The van der Waals surface area contributed by atoms with Gasteiger partial charge in [-0.3, -0.25) is 0 Å². The number of ether oxygens (including phenoxy) is 2. The Bertz CT molecular complexity index is 784. The predicted octanol–water partition coefficient (Wildman–Crippen LogP) is 3.97. The van der Waals surface area contributed by atoms with E-state index >= 15 is 0 Å². The summed E-state index contributed by atoms with van der Waals surface area (Å²) in [4.78, 5) is 12.2.